The van der Waals surface area contributed by atoms with Gasteiger partial charge in [-0.25, -0.2) is 0 Å². The van der Waals surface area contributed by atoms with E-state index in [4.69, 9.17) is 0 Å². The normalized spacial score (nSPS) is 49.8. The fraction of sp³-hybridized carbons (Fsp3) is 0.952. The molecule has 2 nitrogen and oxygen atoms in total. The van der Waals surface area contributed by atoms with Crippen LogP contribution in [-0.4, -0.2) is 24.4 Å². The lowest BCUT2D eigenvalue weighted by Crippen LogP contribution is -2.51. The molecule has 6 fully saturated rings. The number of nitrogens with zero attached hydrogens (tertiary/aromatic N) is 1. The first-order valence-electron chi connectivity index (χ1n) is 10.3. The van der Waals surface area contributed by atoms with Gasteiger partial charge in [0, 0.05) is 20.0 Å². The monoisotopic (exact) mass is 315 g/mol. The molecule has 0 N–H and O–H groups in total. The van der Waals surface area contributed by atoms with E-state index in [9.17, 15) is 4.79 Å². The molecule has 128 valence electrons. The third kappa shape index (κ3) is 2.55. The third-order valence-corrected chi connectivity index (χ3v) is 8.48. The summed E-state index contributed by atoms with van der Waals surface area (Å²) in [7, 11) is 2.11. The first kappa shape index (κ1) is 14.8. The Labute approximate surface area is 141 Å². The van der Waals surface area contributed by atoms with Crippen LogP contribution < -0.4 is 0 Å². The number of hydrogen-bond donors (Lipinski definition) is 0. The average molecular weight is 316 g/mol. The molecule has 23 heavy (non-hydrogen) atoms. The van der Waals surface area contributed by atoms with E-state index in [-0.39, 0.29) is 0 Å². The second-order valence-electron chi connectivity index (χ2n) is 10.3. The maximum absolute atomic E-state index is 12.8. The lowest BCUT2D eigenvalue weighted by Gasteiger charge is -2.57. The average Bonchev–Trinajstić information content (AvgIpc) is 3.07. The molecule has 2 heteroatoms. The van der Waals surface area contributed by atoms with Crippen LogP contribution in [0, 0.1) is 40.9 Å². The maximum Gasteiger partial charge on any atom is 0.222 e. The molecule has 6 bridgehead atoms. The predicted octanol–water partition coefficient (Wildman–Crippen LogP) is 4.49. The topological polar surface area (TPSA) is 20.3 Å². The smallest absolute Gasteiger partial charge is 0.222 e. The van der Waals surface area contributed by atoms with Crippen LogP contribution in [-0.2, 0) is 4.79 Å². The lowest BCUT2D eigenvalue weighted by molar-refractivity contribution is -0.136. The highest BCUT2D eigenvalue weighted by molar-refractivity contribution is 5.76. The van der Waals surface area contributed by atoms with Crippen LogP contribution in [0.15, 0.2) is 0 Å². The van der Waals surface area contributed by atoms with Crippen LogP contribution in [0.3, 0.4) is 0 Å². The fourth-order valence-corrected chi connectivity index (χ4v) is 8.08. The maximum atomic E-state index is 12.8. The molecule has 0 heterocycles. The summed E-state index contributed by atoms with van der Waals surface area (Å²) in [5, 5.41) is 0. The van der Waals surface area contributed by atoms with Crippen LogP contribution >= 0.6 is 0 Å². The summed E-state index contributed by atoms with van der Waals surface area (Å²) in [6.45, 7) is 1.07. The molecular formula is C21H33NO. The Morgan fingerprint density at radius 2 is 1.57 bits per heavy atom. The summed E-state index contributed by atoms with van der Waals surface area (Å²) in [4.78, 5) is 15.0. The lowest BCUT2D eigenvalue weighted by atomic mass is 9.49. The molecule has 0 aromatic heterocycles. The van der Waals surface area contributed by atoms with Gasteiger partial charge in [-0.15, -0.1) is 0 Å². The molecule has 6 aliphatic rings. The number of rotatable bonds is 4. The Morgan fingerprint density at radius 3 is 2.09 bits per heavy atom. The minimum absolute atomic E-state index is 0.457. The first-order valence-corrected chi connectivity index (χ1v) is 10.3. The Bertz CT molecular complexity index is 463. The van der Waals surface area contributed by atoms with Crippen LogP contribution in [0.1, 0.15) is 70.6 Å². The van der Waals surface area contributed by atoms with E-state index in [0.29, 0.717) is 11.3 Å². The van der Waals surface area contributed by atoms with E-state index in [1.807, 2.05) is 0 Å². The van der Waals surface area contributed by atoms with Crippen molar-refractivity contribution in [1.82, 2.24) is 4.90 Å². The van der Waals surface area contributed by atoms with Crippen molar-refractivity contribution in [3.8, 4) is 0 Å². The number of amides is 1. The summed E-state index contributed by atoms with van der Waals surface area (Å²) in [6.07, 6.45) is 15.2. The number of fused-ring (bicyclic) bond motifs is 2. The molecule has 0 aromatic rings. The van der Waals surface area contributed by atoms with Gasteiger partial charge in [0.15, 0.2) is 0 Å². The summed E-state index contributed by atoms with van der Waals surface area (Å²) in [5.41, 5.74) is 0.508. The van der Waals surface area contributed by atoms with Gasteiger partial charge in [0.2, 0.25) is 5.91 Å². The molecule has 6 aliphatic carbocycles. The van der Waals surface area contributed by atoms with Crippen LogP contribution in [0.2, 0.25) is 0 Å². The molecule has 0 aromatic carbocycles. The van der Waals surface area contributed by atoms with E-state index in [1.54, 1.807) is 0 Å². The molecule has 0 radical (unpaired) electrons. The van der Waals surface area contributed by atoms with Gasteiger partial charge in [-0.3, -0.25) is 4.79 Å². The van der Waals surface area contributed by atoms with Crippen molar-refractivity contribution in [3.63, 3.8) is 0 Å². The van der Waals surface area contributed by atoms with Gasteiger partial charge < -0.3 is 4.90 Å². The molecule has 0 spiro atoms. The summed E-state index contributed by atoms with van der Waals surface area (Å²) in [6, 6.07) is 0. The highest BCUT2D eigenvalue weighted by atomic mass is 16.2. The summed E-state index contributed by atoms with van der Waals surface area (Å²) in [5.74, 6) is 6.02. The van der Waals surface area contributed by atoms with Gasteiger partial charge in [-0.1, -0.05) is 6.42 Å². The van der Waals surface area contributed by atoms with Crippen molar-refractivity contribution < 1.29 is 4.79 Å². The van der Waals surface area contributed by atoms with Crippen molar-refractivity contribution in [2.75, 3.05) is 13.6 Å². The highest BCUT2D eigenvalue weighted by Crippen LogP contribution is 2.60. The fourth-order valence-electron chi connectivity index (χ4n) is 8.08. The molecule has 1 amide bonds. The van der Waals surface area contributed by atoms with Gasteiger partial charge in [0.1, 0.15) is 0 Å². The van der Waals surface area contributed by atoms with Crippen LogP contribution in [0.5, 0.6) is 0 Å². The molecule has 3 atom stereocenters. The molecule has 0 saturated heterocycles. The molecule has 0 unspecified atom stereocenters. The summed E-state index contributed by atoms with van der Waals surface area (Å²) < 4.78 is 0. The molecule has 0 aliphatic heterocycles. The van der Waals surface area contributed by atoms with Gasteiger partial charge in [-0.2, -0.15) is 0 Å². The van der Waals surface area contributed by atoms with Crippen molar-refractivity contribution in [2.24, 2.45) is 40.9 Å². The Kier molecular flexibility index (Phi) is 3.36. The highest BCUT2D eigenvalue weighted by Gasteiger charge is 2.51. The number of carbonyl (C=O) groups is 1. The Morgan fingerprint density at radius 1 is 0.913 bits per heavy atom. The number of carbonyl (C=O) groups excluding carboxylic acids is 1. The molecule has 6 rings (SSSR count). The minimum atomic E-state index is 0.457. The van der Waals surface area contributed by atoms with Crippen molar-refractivity contribution in [2.45, 2.75) is 70.6 Å². The van der Waals surface area contributed by atoms with Gasteiger partial charge in [0.25, 0.3) is 0 Å². The Balaban J connectivity index is 1.21. The first-order chi connectivity index (χ1) is 11.1. The van der Waals surface area contributed by atoms with E-state index < -0.39 is 0 Å². The zero-order chi connectivity index (χ0) is 15.6. The van der Waals surface area contributed by atoms with E-state index in [2.05, 4.69) is 11.9 Å². The Hall–Kier alpha value is -0.530. The van der Waals surface area contributed by atoms with E-state index in [0.717, 1.165) is 48.5 Å². The molecule has 6 saturated carbocycles. The van der Waals surface area contributed by atoms with Crippen molar-refractivity contribution in [3.05, 3.63) is 0 Å². The number of hydrogen-bond acceptors (Lipinski definition) is 1. The predicted molar refractivity (Wildman–Crippen MR) is 91.8 cm³/mol. The minimum Gasteiger partial charge on any atom is -0.345 e. The third-order valence-electron chi connectivity index (χ3n) is 8.48. The summed E-state index contributed by atoms with van der Waals surface area (Å²) >= 11 is 0. The van der Waals surface area contributed by atoms with Crippen molar-refractivity contribution >= 4 is 5.91 Å². The van der Waals surface area contributed by atoms with Gasteiger partial charge in [0.05, 0.1) is 0 Å². The van der Waals surface area contributed by atoms with E-state index >= 15 is 0 Å². The zero-order valence-electron chi connectivity index (χ0n) is 14.8. The van der Waals surface area contributed by atoms with Crippen LogP contribution in [0.25, 0.3) is 0 Å². The van der Waals surface area contributed by atoms with E-state index in [1.165, 1.54) is 64.2 Å². The van der Waals surface area contributed by atoms with Gasteiger partial charge >= 0.3 is 0 Å². The zero-order valence-corrected chi connectivity index (χ0v) is 14.8. The second-order valence-corrected chi connectivity index (χ2v) is 10.3. The molecular weight excluding hydrogens is 282 g/mol. The second kappa shape index (κ2) is 5.23. The van der Waals surface area contributed by atoms with Crippen molar-refractivity contribution in [1.29, 1.82) is 0 Å². The quantitative estimate of drug-likeness (QED) is 0.748. The largest absolute Gasteiger partial charge is 0.345 e. The van der Waals surface area contributed by atoms with Crippen LogP contribution in [0.4, 0.5) is 0 Å². The standard InChI is InChI=1S/C21H33NO/c1-22(20(23)9-19-8-14-2-3-18(19)7-14)13-21-10-15-4-16(11-21)6-17(5-15)12-21/h14-19H,2-13H2,1H3/t14-,15?,16?,17?,18-,19-,21?/m0/s1. The van der Waals surface area contributed by atoms with Gasteiger partial charge in [-0.05, 0) is 98.7 Å². The SMILES string of the molecule is CN(CC12CC3CC(CC(C3)C1)C2)C(=O)C[C@@H]1C[C@H]2CC[C@H]1C2.